The largest absolute Gasteiger partial charge is 0.416 e. The first-order valence-electron chi connectivity index (χ1n) is 53.3. The van der Waals surface area contributed by atoms with Gasteiger partial charge >= 0.3 is 12.4 Å². The van der Waals surface area contributed by atoms with Crippen molar-refractivity contribution in [2.45, 2.75) is 104 Å². The van der Waals surface area contributed by atoms with Crippen LogP contribution < -0.4 is 10.9 Å². The summed E-state index contributed by atoms with van der Waals surface area (Å²) in [6, 6.07) is -12.6. The molecule has 0 spiro atoms. The summed E-state index contributed by atoms with van der Waals surface area (Å²) in [5.41, 5.74) is -19.9. The van der Waals surface area contributed by atoms with Crippen molar-refractivity contribution in [3.63, 3.8) is 0 Å². The number of hydrogen-bond acceptors (Lipinski definition) is 10. The molecule has 12 rings (SSSR count). The second kappa shape index (κ2) is 34.9. The Hall–Kier alpha value is -9.04. The summed E-state index contributed by atoms with van der Waals surface area (Å²) in [5, 5.41) is -3.19. The zero-order valence-electron chi connectivity index (χ0n) is 100. The number of nitrogens with zero attached hydrogens (tertiary/aromatic N) is 6. The minimum atomic E-state index is -5.53. The Bertz CT molecular complexity index is 7160. The molecule has 2 aromatic heterocycles. The second-order valence-corrected chi connectivity index (χ2v) is 23.2. The molecule has 550 valence electrons. The molecule has 105 heavy (non-hydrogen) atoms. The van der Waals surface area contributed by atoms with Gasteiger partial charge in [-0.2, -0.15) is 26.3 Å². The molecule has 0 unspecified atom stereocenters. The fourth-order valence-corrected chi connectivity index (χ4v) is 11.2. The van der Waals surface area contributed by atoms with Crippen molar-refractivity contribution in [2.24, 2.45) is 0 Å². The molecule has 8 aromatic carbocycles. The lowest BCUT2D eigenvalue weighted by Gasteiger charge is -2.39. The Balaban J connectivity index is 0.000000294. The monoisotopic (exact) mass is 1530 g/mol. The molecule has 0 atom stereocenters. The number of pyridine rings is 2. The third-order valence-corrected chi connectivity index (χ3v) is 16.5. The number of piperidine rings is 2. The number of amides is 2. The van der Waals surface area contributed by atoms with Gasteiger partial charge in [-0.1, -0.05) is 115 Å². The minimum absolute atomic E-state index is 0.0736. The Kier molecular flexibility index (Phi) is 12.3. The zero-order valence-corrected chi connectivity index (χ0v) is 54.8. The number of carbonyl (C=O) groups is 2. The summed E-state index contributed by atoms with van der Waals surface area (Å²) >= 11 is -0.494. The first kappa shape index (κ1) is 37.0. The number of carbonyl (C=O) groups excluding carboxylic acids is 2. The van der Waals surface area contributed by atoms with Gasteiger partial charge < -0.3 is 38.2 Å². The number of rotatable bonds is 24. The Morgan fingerprint density at radius 3 is 1.74 bits per heavy atom. The number of para-hydroxylation sites is 2. The number of thioether (sulfide) groups is 2. The summed E-state index contributed by atoms with van der Waals surface area (Å²) in [5.74, 6) is -11.2. The molecule has 2 aliphatic rings. The van der Waals surface area contributed by atoms with Gasteiger partial charge in [0.05, 0.1) is 82.3 Å². The first-order chi connectivity index (χ1) is 68.7. The Labute approximate surface area is 676 Å². The van der Waals surface area contributed by atoms with Gasteiger partial charge in [0.1, 0.15) is 13.1 Å². The molecular weight excluding hydrogens is 1410 g/mol. The van der Waals surface area contributed by atoms with Gasteiger partial charge in [-0.25, -0.2) is 17.6 Å². The van der Waals surface area contributed by atoms with Gasteiger partial charge in [0.25, 0.3) is 0 Å². The number of hydrogen-bond donors (Lipinski definition) is 0. The highest BCUT2D eigenvalue weighted by atomic mass is 32.2. The number of alkyl halides is 6. The van der Waals surface area contributed by atoms with E-state index in [-0.39, 0.29) is 48.2 Å². The number of benzene rings is 8. The topological polar surface area (TPSA) is 110 Å². The number of fused-ring (bicyclic) bond motifs is 2. The maximum Gasteiger partial charge on any atom is 0.416 e. The lowest BCUT2D eigenvalue weighted by Crippen LogP contribution is -2.48. The van der Waals surface area contributed by atoms with E-state index in [9.17, 15) is 54.0 Å². The summed E-state index contributed by atoms with van der Waals surface area (Å²) in [4.78, 5) is 57.3. The van der Waals surface area contributed by atoms with E-state index in [1.54, 1.807) is 0 Å². The fraction of sp³-hybridized carbons (Fsp3) is 0.309. The summed E-state index contributed by atoms with van der Waals surface area (Å²) in [6.07, 6.45) is -27.8. The third-order valence-electron chi connectivity index (χ3n) is 14.8. The van der Waals surface area contributed by atoms with Crippen molar-refractivity contribution >= 4 is 57.1 Å². The van der Waals surface area contributed by atoms with Crippen molar-refractivity contribution in [2.75, 3.05) is 66.3 Å². The van der Waals surface area contributed by atoms with Gasteiger partial charge in [0.2, 0.25) is 11.8 Å². The van der Waals surface area contributed by atoms with Crippen LogP contribution in [0.4, 0.5) is 43.9 Å². The Morgan fingerprint density at radius 1 is 0.552 bits per heavy atom. The lowest BCUT2D eigenvalue weighted by atomic mass is 9.97. The highest BCUT2D eigenvalue weighted by Crippen LogP contribution is 2.36. The predicted octanol–water partition coefficient (Wildman–Crippen LogP) is 17.1. The van der Waals surface area contributed by atoms with E-state index in [1.165, 1.54) is 48.5 Å². The second-order valence-electron chi connectivity index (χ2n) is 21.5. The molecule has 2 fully saturated rings. The van der Waals surface area contributed by atoms with E-state index in [0.29, 0.717) is 5.56 Å². The van der Waals surface area contributed by atoms with Crippen molar-refractivity contribution < 1.29 is 127 Å². The van der Waals surface area contributed by atoms with E-state index in [4.69, 9.17) is 50.7 Å². The van der Waals surface area contributed by atoms with Crippen LogP contribution in [0, 0.1) is 30.2 Å². The maximum absolute atomic E-state index is 15.7. The molecule has 4 heterocycles. The molecule has 2 saturated heterocycles. The third kappa shape index (κ3) is 19.3. The highest BCUT2D eigenvalue weighted by Gasteiger charge is 2.34. The van der Waals surface area contributed by atoms with Crippen molar-refractivity contribution in [3.8, 4) is 22.3 Å². The van der Waals surface area contributed by atoms with Gasteiger partial charge in [0.15, 0.2) is 34.1 Å². The van der Waals surface area contributed by atoms with Gasteiger partial charge in [-0.05, 0) is 132 Å². The number of aromatic nitrogens is 2. The number of methoxy groups -OCH3 is 2. The van der Waals surface area contributed by atoms with Crippen LogP contribution in [0.1, 0.15) is 129 Å². The van der Waals surface area contributed by atoms with E-state index in [1.807, 2.05) is 0 Å². The molecule has 2 aliphatic heterocycles. The summed E-state index contributed by atoms with van der Waals surface area (Å²) in [6.45, 7) is -33.4. The smallest absolute Gasteiger partial charge is 0.383 e. The van der Waals surface area contributed by atoms with Crippen LogP contribution in [-0.4, -0.2) is 119 Å². The molecule has 0 radical (unpaired) electrons. The van der Waals surface area contributed by atoms with Crippen LogP contribution in [0.5, 0.6) is 0 Å². The average molecular weight is 1530 g/mol. The number of halogens is 10. The van der Waals surface area contributed by atoms with Crippen LogP contribution >= 0.6 is 23.5 Å². The molecule has 24 heteroatoms. The van der Waals surface area contributed by atoms with Crippen LogP contribution in [0.25, 0.3) is 44.1 Å². The number of ether oxygens (including phenoxy) is 2. The quantitative estimate of drug-likeness (QED) is 0.0428. The van der Waals surface area contributed by atoms with E-state index in [2.05, 4.69) is 9.47 Å². The van der Waals surface area contributed by atoms with E-state index >= 15 is 22.8 Å². The van der Waals surface area contributed by atoms with Crippen molar-refractivity contribution in [1.29, 1.82) is 0 Å². The normalized spacial score (nSPS) is 25.9. The van der Waals surface area contributed by atoms with Gasteiger partial charge in [-0.3, -0.25) is 19.2 Å². The van der Waals surface area contributed by atoms with Crippen molar-refractivity contribution in [1.82, 2.24) is 28.7 Å². The molecule has 12 nitrogen and oxygen atoms in total. The molecule has 0 bridgehead atoms. The number of likely N-dealkylation sites (tertiary alicyclic amines) is 2. The molecular formula is C81H78F10N6O6S2. The minimum Gasteiger partial charge on any atom is -0.383 e. The average Bonchev–Trinajstić information content (AvgIpc) is 0.665. The van der Waals surface area contributed by atoms with Crippen LogP contribution in [0.15, 0.2) is 207 Å². The molecule has 0 N–H and O–H groups in total. The van der Waals surface area contributed by atoms with Crippen LogP contribution in [-0.2, 0) is 69.0 Å². The Morgan fingerprint density at radius 2 is 1.11 bits per heavy atom. The summed E-state index contributed by atoms with van der Waals surface area (Å²) in [7, 11) is -7.23. The highest BCUT2D eigenvalue weighted by molar-refractivity contribution is 7.98. The lowest BCUT2D eigenvalue weighted by molar-refractivity contribution is -0.138. The fourth-order valence-electron chi connectivity index (χ4n) is 9.64. The SMILES string of the molecule is [2H]C([2H])([2H])OC([2H])([2H])CN1C([2H])([2H])C([2H])([2H])C([2H])(N(Cc2ccc(-c3ccc(C(F)(F)F)cc3)cc2)C(=O)Cn2c(SC([2H])([2H])c3cccc(F)c3F)cc(=O)c3ccccc32)C([2H])([2H])C1([2H])[2H].[2H]c1c([2H])c(F)c(F)c(C([2H])([2H])Sc2c([2H])c(=O)c3c([2H])c([2H])c([2H])c([2H])c3n2CC(=O)N(Cc2c([2H])c([2H])c(-c3c([2H])c([2H])c(C(F)(F)F)c([2H])c3[2H])c([2H])c2C)C2([2H])C([2H])([2H])C([2H])([2H])N(CC([2H])([2H])OC([2H])([2H])[2H])C([2H])([2H])C2([2H])[2H])c1[2H]. The zero-order chi connectivity index (χ0) is 116. The van der Waals surface area contributed by atoms with Gasteiger partial charge in [-0.15, -0.1) is 23.5 Å². The van der Waals surface area contributed by atoms with E-state index < -0.39 is 377 Å². The summed E-state index contributed by atoms with van der Waals surface area (Å²) < 4.78 is 556. The predicted molar refractivity (Wildman–Crippen MR) is 391 cm³/mol. The first-order valence-corrected chi connectivity index (χ1v) is 31.5. The molecule has 2 amide bonds. The van der Waals surface area contributed by atoms with Crippen LogP contribution in [0.3, 0.4) is 0 Å². The molecule has 0 saturated carbocycles. The molecule has 0 aliphatic carbocycles. The van der Waals surface area contributed by atoms with Crippen molar-refractivity contribution in [3.05, 3.63) is 270 Å². The maximum atomic E-state index is 15.7. The van der Waals surface area contributed by atoms with Gasteiger partial charge in [0, 0.05) is 151 Å². The van der Waals surface area contributed by atoms with E-state index in [0.717, 1.165) is 60.0 Å². The molecule has 10 aromatic rings. The van der Waals surface area contributed by atoms with Crippen LogP contribution in [0.2, 0.25) is 0 Å². The standard InChI is InChI=1S/C41H40F5N3O3S.C40H38F5N3O3S/c1-27-22-29(28-12-14-32(15-13-28)41(44,45)46)10-11-30(27)24-48(33-16-18-47(19-17-33)20-21-52-2)38(51)25-49-36-9-4-3-7-34(36)37(50)23-39(49)53-26-31-6-5-8-35(42)40(31)43;1-51-22-21-46-19-17-32(18-20-46)47(24-27-9-11-28(12-10-27)29-13-15-31(16-14-29)40(43,44)45)37(50)25-48-35-8-3-2-6-33(35)36(49)23-38(48)52-26-30-5-4-7-34(41)39(30)42/h3-15,22-23,33H,16-21,24-26H2,1-2H3;2-16,23,32H,17-22,24-26H2,1H3/i2D3,3D,4D,5D,6D,7D,8D,9D,10D,11D,12D,13D,14D,15D,16D2,17D2,18D2,19D2,21D2,22D,23D,26D2,33D;1D3,17D2,18D2,19D2,20D2,22D2,26D2,32D.